The van der Waals surface area contributed by atoms with Gasteiger partial charge in [-0.15, -0.1) is 12.4 Å². The van der Waals surface area contributed by atoms with Gasteiger partial charge in [0.15, 0.2) is 0 Å². The van der Waals surface area contributed by atoms with Crippen LogP contribution in [0.4, 0.5) is 5.69 Å². The van der Waals surface area contributed by atoms with Crippen molar-refractivity contribution in [1.29, 1.82) is 0 Å². The lowest BCUT2D eigenvalue weighted by atomic mass is 10.2. The maximum Gasteiger partial charge on any atom is 0.337 e. The van der Waals surface area contributed by atoms with E-state index >= 15 is 0 Å². The number of nitrogens with two attached hydrogens (primary N) is 1. The van der Waals surface area contributed by atoms with Crippen molar-refractivity contribution in [2.45, 2.75) is 0 Å². The predicted octanol–water partition coefficient (Wildman–Crippen LogP) is 1.27. The molecular weight excluding hydrogens is 216 g/mol. The molecule has 0 atom stereocenters. The molecule has 0 amide bonds. The fourth-order valence-corrected chi connectivity index (χ4v) is 1.06. The molecule has 0 aliphatic rings. The van der Waals surface area contributed by atoms with E-state index in [2.05, 4.69) is 10.1 Å². The molecule has 0 fully saturated rings. The number of hydrogen-bond acceptors (Lipinski definition) is 4. The number of carbonyl (C=O) groups excluding carboxylic acids is 1. The van der Waals surface area contributed by atoms with Crippen molar-refractivity contribution < 1.29 is 9.53 Å². The second kappa shape index (κ2) is 7.09. The summed E-state index contributed by atoms with van der Waals surface area (Å²) in [6.45, 7) is 1.30. The molecule has 0 aliphatic heterocycles. The van der Waals surface area contributed by atoms with Gasteiger partial charge >= 0.3 is 5.97 Å². The Morgan fingerprint density at radius 2 is 2.00 bits per heavy atom. The lowest BCUT2D eigenvalue weighted by Gasteiger charge is -2.04. The lowest BCUT2D eigenvalue weighted by Crippen LogP contribution is -2.13. The number of halogens is 1. The third-order valence-corrected chi connectivity index (χ3v) is 1.78. The normalized spacial score (nSPS) is 8.93. The summed E-state index contributed by atoms with van der Waals surface area (Å²) < 4.78 is 4.58. The van der Waals surface area contributed by atoms with Gasteiger partial charge in [0.25, 0.3) is 0 Å². The van der Waals surface area contributed by atoms with Crippen molar-refractivity contribution >= 4 is 24.1 Å². The molecule has 0 heterocycles. The number of methoxy groups -OCH3 is 1. The van der Waals surface area contributed by atoms with Gasteiger partial charge in [-0.2, -0.15) is 0 Å². The van der Waals surface area contributed by atoms with Crippen LogP contribution in [0.1, 0.15) is 10.4 Å². The standard InChI is InChI=1S/C10H14N2O2.ClH/c1-14-10(13)8-2-4-9(5-3-8)12-7-6-11;/h2-5,12H,6-7,11H2,1H3;1H. The maximum atomic E-state index is 11.1. The zero-order chi connectivity index (χ0) is 10.4. The summed E-state index contributed by atoms with van der Waals surface area (Å²) in [5.41, 5.74) is 6.83. The van der Waals surface area contributed by atoms with Crippen LogP contribution in [-0.2, 0) is 4.74 Å². The van der Waals surface area contributed by atoms with Crippen LogP contribution in [0.15, 0.2) is 24.3 Å². The van der Waals surface area contributed by atoms with E-state index in [4.69, 9.17) is 5.73 Å². The van der Waals surface area contributed by atoms with E-state index in [1.165, 1.54) is 7.11 Å². The van der Waals surface area contributed by atoms with Crippen LogP contribution in [0.5, 0.6) is 0 Å². The highest BCUT2D eigenvalue weighted by Gasteiger charge is 2.03. The number of ether oxygens (including phenoxy) is 1. The van der Waals surface area contributed by atoms with Gasteiger partial charge in [-0.25, -0.2) is 4.79 Å². The maximum absolute atomic E-state index is 11.1. The summed E-state index contributed by atoms with van der Waals surface area (Å²) >= 11 is 0. The number of esters is 1. The Morgan fingerprint density at radius 3 is 2.47 bits per heavy atom. The summed E-state index contributed by atoms with van der Waals surface area (Å²) in [6.07, 6.45) is 0. The summed E-state index contributed by atoms with van der Waals surface area (Å²) in [5.74, 6) is -0.324. The van der Waals surface area contributed by atoms with Gasteiger partial charge in [-0.3, -0.25) is 0 Å². The Kier molecular flexibility index (Phi) is 6.49. The molecular formula is C10H15ClN2O2. The third-order valence-electron chi connectivity index (χ3n) is 1.78. The molecule has 0 bridgehead atoms. The van der Waals surface area contributed by atoms with Crippen LogP contribution >= 0.6 is 12.4 Å². The Balaban J connectivity index is 0.00000196. The number of hydrogen-bond donors (Lipinski definition) is 2. The predicted molar refractivity (Wildman–Crippen MR) is 62.6 cm³/mol. The lowest BCUT2D eigenvalue weighted by molar-refractivity contribution is 0.0601. The van der Waals surface area contributed by atoms with Crippen molar-refractivity contribution in [3.05, 3.63) is 29.8 Å². The van der Waals surface area contributed by atoms with Gasteiger partial charge in [0.2, 0.25) is 0 Å². The number of nitrogens with one attached hydrogen (secondary N) is 1. The molecule has 0 radical (unpaired) electrons. The fourth-order valence-electron chi connectivity index (χ4n) is 1.06. The van der Waals surface area contributed by atoms with Gasteiger partial charge in [-0.1, -0.05) is 0 Å². The molecule has 3 N–H and O–H groups in total. The summed E-state index contributed by atoms with van der Waals surface area (Å²) in [7, 11) is 1.36. The molecule has 0 unspecified atom stereocenters. The molecule has 0 spiro atoms. The van der Waals surface area contributed by atoms with Gasteiger partial charge in [0.1, 0.15) is 0 Å². The van der Waals surface area contributed by atoms with Crippen molar-refractivity contribution in [3.8, 4) is 0 Å². The average Bonchev–Trinajstić information content (AvgIpc) is 2.26. The van der Waals surface area contributed by atoms with Crippen LogP contribution < -0.4 is 11.1 Å². The Bertz CT molecular complexity index is 301. The Hall–Kier alpha value is -1.26. The molecule has 0 aliphatic carbocycles. The minimum Gasteiger partial charge on any atom is -0.465 e. The van der Waals surface area contributed by atoms with E-state index in [0.29, 0.717) is 12.1 Å². The molecule has 0 aromatic heterocycles. The zero-order valence-electron chi connectivity index (χ0n) is 8.53. The largest absolute Gasteiger partial charge is 0.465 e. The highest BCUT2D eigenvalue weighted by atomic mass is 35.5. The van der Waals surface area contributed by atoms with E-state index in [1.807, 2.05) is 12.1 Å². The van der Waals surface area contributed by atoms with Crippen LogP contribution in [0.2, 0.25) is 0 Å². The SMILES string of the molecule is COC(=O)c1ccc(NCCN)cc1.Cl. The first-order valence-corrected chi connectivity index (χ1v) is 4.40. The molecule has 1 rings (SSSR count). The smallest absolute Gasteiger partial charge is 0.337 e. The highest BCUT2D eigenvalue weighted by molar-refractivity contribution is 5.89. The second-order valence-corrected chi connectivity index (χ2v) is 2.78. The second-order valence-electron chi connectivity index (χ2n) is 2.78. The van der Waals surface area contributed by atoms with E-state index in [9.17, 15) is 4.79 Å². The first-order chi connectivity index (χ1) is 6.77. The molecule has 0 saturated carbocycles. The van der Waals surface area contributed by atoms with Crippen LogP contribution in [0, 0.1) is 0 Å². The fraction of sp³-hybridized carbons (Fsp3) is 0.300. The first-order valence-electron chi connectivity index (χ1n) is 4.40. The number of rotatable bonds is 4. The highest BCUT2D eigenvalue weighted by Crippen LogP contribution is 2.09. The minimum atomic E-state index is -0.324. The van der Waals surface area contributed by atoms with E-state index in [-0.39, 0.29) is 18.4 Å². The molecule has 1 aromatic carbocycles. The van der Waals surface area contributed by atoms with Gasteiger partial charge in [0.05, 0.1) is 12.7 Å². The third kappa shape index (κ3) is 4.18. The first kappa shape index (κ1) is 13.7. The summed E-state index contributed by atoms with van der Waals surface area (Å²) in [6, 6.07) is 7.07. The van der Waals surface area contributed by atoms with Crippen molar-refractivity contribution in [3.63, 3.8) is 0 Å². The molecule has 5 heteroatoms. The Labute approximate surface area is 95.2 Å². The summed E-state index contributed by atoms with van der Waals surface area (Å²) in [5, 5.41) is 3.10. The van der Waals surface area contributed by atoms with E-state index in [0.717, 1.165) is 12.2 Å². The monoisotopic (exact) mass is 230 g/mol. The molecule has 4 nitrogen and oxygen atoms in total. The van der Waals surface area contributed by atoms with Gasteiger partial charge in [-0.05, 0) is 24.3 Å². The van der Waals surface area contributed by atoms with Gasteiger partial charge < -0.3 is 15.8 Å². The topological polar surface area (TPSA) is 64.3 Å². The zero-order valence-corrected chi connectivity index (χ0v) is 9.34. The Morgan fingerprint density at radius 1 is 1.40 bits per heavy atom. The number of benzene rings is 1. The number of anilines is 1. The van der Waals surface area contributed by atoms with E-state index < -0.39 is 0 Å². The van der Waals surface area contributed by atoms with Crippen molar-refractivity contribution in [2.75, 3.05) is 25.5 Å². The molecule has 84 valence electrons. The van der Waals surface area contributed by atoms with Crippen molar-refractivity contribution in [1.82, 2.24) is 0 Å². The van der Waals surface area contributed by atoms with Crippen LogP contribution in [0.3, 0.4) is 0 Å². The average molecular weight is 231 g/mol. The van der Waals surface area contributed by atoms with Crippen LogP contribution in [-0.4, -0.2) is 26.2 Å². The summed E-state index contributed by atoms with van der Waals surface area (Å²) in [4.78, 5) is 11.1. The minimum absolute atomic E-state index is 0. The quantitative estimate of drug-likeness (QED) is 0.765. The molecule has 15 heavy (non-hydrogen) atoms. The number of carbonyl (C=O) groups is 1. The van der Waals surface area contributed by atoms with Crippen LogP contribution in [0.25, 0.3) is 0 Å². The van der Waals surface area contributed by atoms with E-state index in [1.54, 1.807) is 12.1 Å². The van der Waals surface area contributed by atoms with Crippen molar-refractivity contribution in [2.24, 2.45) is 5.73 Å². The van der Waals surface area contributed by atoms with Gasteiger partial charge in [0, 0.05) is 18.8 Å². The molecule has 0 saturated heterocycles. The molecule has 1 aromatic rings.